The van der Waals surface area contributed by atoms with Gasteiger partial charge < -0.3 is 14.8 Å². The highest BCUT2D eigenvalue weighted by molar-refractivity contribution is 7.89. The van der Waals surface area contributed by atoms with E-state index in [0.29, 0.717) is 17.1 Å². The van der Waals surface area contributed by atoms with Crippen LogP contribution in [-0.4, -0.2) is 34.2 Å². The number of benzene rings is 2. The molecule has 1 aliphatic heterocycles. The first-order chi connectivity index (χ1) is 12.4. The number of carbonyl (C=O) groups is 1. The number of amides is 1. The van der Waals surface area contributed by atoms with Gasteiger partial charge in [-0.15, -0.1) is 0 Å². The second-order valence-electron chi connectivity index (χ2n) is 5.97. The maximum atomic E-state index is 12.3. The number of fused-ring (bicyclic) bond motifs is 1. The molecule has 3 rings (SSSR count). The van der Waals surface area contributed by atoms with Crippen LogP contribution in [0.3, 0.4) is 0 Å². The molecule has 0 fully saturated rings. The maximum Gasteiger partial charge on any atom is 0.251 e. The van der Waals surface area contributed by atoms with Crippen molar-refractivity contribution in [2.24, 2.45) is 0 Å². The summed E-state index contributed by atoms with van der Waals surface area (Å²) in [5, 5.41) is 2.67. The van der Waals surface area contributed by atoms with Gasteiger partial charge in [0.1, 0.15) is 0 Å². The molecular weight excluding hydrogens is 356 g/mol. The third kappa shape index (κ3) is 3.97. The summed E-state index contributed by atoms with van der Waals surface area (Å²) in [6, 6.07) is 9.85. The van der Waals surface area contributed by atoms with Crippen LogP contribution in [0.25, 0.3) is 0 Å². The predicted octanol–water partition coefficient (Wildman–Crippen LogP) is 1.74. The van der Waals surface area contributed by atoms with Gasteiger partial charge in [0.05, 0.1) is 4.90 Å². The van der Waals surface area contributed by atoms with E-state index in [1.54, 1.807) is 36.4 Å². The Morgan fingerprint density at radius 1 is 1.00 bits per heavy atom. The van der Waals surface area contributed by atoms with Crippen molar-refractivity contribution < 1.29 is 22.7 Å². The highest BCUT2D eigenvalue weighted by atomic mass is 32.2. The third-order valence-corrected chi connectivity index (χ3v) is 5.58. The Hall–Kier alpha value is -2.58. The van der Waals surface area contributed by atoms with Crippen molar-refractivity contribution in [3.05, 3.63) is 53.1 Å². The molecular formula is C18H20N2O5S. The molecule has 0 radical (unpaired) electrons. The molecule has 0 spiro atoms. The van der Waals surface area contributed by atoms with Gasteiger partial charge in [0, 0.05) is 18.7 Å². The Kier molecular flexibility index (Phi) is 5.15. The summed E-state index contributed by atoms with van der Waals surface area (Å²) in [5.74, 6) is 0.810. The fraction of sp³-hybridized carbons (Fsp3) is 0.278. The van der Waals surface area contributed by atoms with Crippen LogP contribution in [0, 0.1) is 13.8 Å². The maximum absolute atomic E-state index is 12.3. The SMILES string of the molecule is Cc1ccc(S(=O)(=O)NCCNC(=O)c2ccc3c(c2)OCO3)cc1C. The van der Waals surface area contributed by atoms with Crippen molar-refractivity contribution in [1.82, 2.24) is 10.0 Å². The summed E-state index contributed by atoms with van der Waals surface area (Å²) in [6.07, 6.45) is 0. The molecule has 26 heavy (non-hydrogen) atoms. The monoisotopic (exact) mass is 376 g/mol. The smallest absolute Gasteiger partial charge is 0.251 e. The zero-order chi connectivity index (χ0) is 18.7. The van der Waals surface area contributed by atoms with Crippen LogP contribution in [0.15, 0.2) is 41.3 Å². The van der Waals surface area contributed by atoms with E-state index in [9.17, 15) is 13.2 Å². The lowest BCUT2D eigenvalue weighted by molar-refractivity contribution is 0.0954. The van der Waals surface area contributed by atoms with E-state index in [0.717, 1.165) is 11.1 Å². The first kappa shape index (κ1) is 18.2. The van der Waals surface area contributed by atoms with Crippen LogP contribution < -0.4 is 19.5 Å². The van der Waals surface area contributed by atoms with Gasteiger partial charge in [-0.25, -0.2) is 13.1 Å². The Morgan fingerprint density at radius 2 is 1.77 bits per heavy atom. The molecule has 1 heterocycles. The Balaban J connectivity index is 1.53. The number of rotatable bonds is 6. The number of hydrogen-bond donors (Lipinski definition) is 2. The van der Waals surface area contributed by atoms with Crippen molar-refractivity contribution >= 4 is 15.9 Å². The minimum atomic E-state index is -3.61. The third-order valence-electron chi connectivity index (χ3n) is 4.13. The van der Waals surface area contributed by atoms with E-state index in [4.69, 9.17) is 9.47 Å². The molecule has 0 saturated carbocycles. The topological polar surface area (TPSA) is 93.7 Å². The van der Waals surface area contributed by atoms with Crippen LogP contribution in [0.1, 0.15) is 21.5 Å². The van der Waals surface area contributed by atoms with Gasteiger partial charge in [-0.05, 0) is 55.3 Å². The van der Waals surface area contributed by atoms with Crippen molar-refractivity contribution in [1.29, 1.82) is 0 Å². The van der Waals surface area contributed by atoms with E-state index in [1.807, 2.05) is 13.8 Å². The summed E-state index contributed by atoms with van der Waals surface area (Å²) >= 11 is 0. The van der Waals surface area contributed by atoms with Gasteiger partial charge in [0.15, 0.2) is 11.5 Å². The van der Waals surface area contributed by atoms with Crippen LogP contribution in [0.5, 0.6) is 11.5 Å². The first-order valence-corrected chi connectivity index (χ1v) is 9.60. The molecule has 2 N–H and O–H groups in total. The first-order valence-electron chi connectivity index (χ1n) is 8.11. The van der Waals surface area contributed by atoms with E-state index in [2.05, 4.69) is 10.0 Å². The summed E-state index contributed by atoms with van der Waals surface area (Å²) in [7, 11) is -3.61. The number of aryl methyl sites for hydroxylation is 2. The summed E-state index contributed by atoms with van der Waals surface area (Å²) in [4.78, 5) is 12.3. The van der Waals surface area contributed by atoms with Gasteiger partial charge in [-0.2, -0.15) is 0 Å². The molecule has 0 aromatic heterocycles. The molecule has 0 unspecified atom stereocenters. The van der Waals surface area contributed by atoms with Gasteiger partial charge in [-0.1, -0.05) is 6.07 Å². The molecule has 7 nitrogen and oxygen atoms in total. The van der Waals surface area contributed by atoms with Crippen LogP contribution in [0.2, 0.25) is 0 Å². The minimum Gasteiger partial charge on any atom is -0.454 e. The van der Waals surface area contributed by atoms with Gasteiger partial charge in [0.25, 0.3) is 5.91 Å². The second kappa shape index (κ2) is 7.35. The molecule has 0 bridgehead atoms. The Bertz CT molecular complexity index is 941. The molecule has 138 valence electrons. The van der Waals surface area contributed by atoms with Crippen LogP contribution in [0.4, 0.5) is 0 Å². The molecule has 2 aromatic carbocycles. The fourth-order valence-electron chi connectivity index (χ4n) is 2.47. The average Bonchev–Trinajstić information content (AvgIpc) is 3.08. The highest BCUT2D eigenvalue weighted by Crippen LogP contribution is 2.32. The van der Waals surface area contributed by atoms with Gasteiger partial charge in [0.2, 0.25) is 16.8 Å². The molecule has 1 amide bonds. The van der Waals surface area contributed by atoms with Gasteiger partial charge >= 0.3 is 0 Å². The standard InChI is InChI=1S/C18H20N2O5S/c1-12-3-5-15(9-13(12)2)26(22,23)20-8-7-19-18(21)14-4-6-16-17(10-14)25-11-24-16/h3-6,9-10,20H,7-8,11H2,1-2H3,(H,19,21). The summed E-state index contributed by atoms with van der Waals surface area (Å²) in [5.41, 5.74) is 2.36. The lowest BCUT2D eigenvalue weighted by atomic mass is 10.1. The Labute approximate surface area is 152 Å². The number of nitrogens with one attached hydrogen (secondary N) is 2. The molecule has 8 heteroatoms. The largest absolute Gasteiger partial charge is 0.454 e. The second-order valence-corrected chi connectivity index (χ2v) is 7.73. The van der Waals surface area contributed by atoms with Gasteiger partial charge in [-0.3, -0.25) is 4.79 Å². The summed E-state index contributed by atoms with van der Waals surface area (Å²) < 4.78 is 37.5. The van der Waals surface area contributed by atoms with Crippen molar-refractivity contribution in [3.8, 4) is 11.5 Å². The zero-order valence-electron chi connectivity index (χ0n) is 14.5. The average molecular weight is 376 g/mol. The lowest BCUT2D eigenvalue weighted by Crippen LogP contribution is -2.34. The predicted molar refractivity (Wildman–Crippen MR) is 96.0 cm³/mol. The van der Waals surface area contributed by atoms with Crippen LogP contribution in [-0.2, 0) is 10.0 Å². The molecule has 0 aliphatic carbocycles. The fourth-order valence-corrected chi connectivity index (χ4v) is 3.58. The number of sulfonamides is 1. The molecule has 1 aliphatic rings. The number of hydrogen-bond acceptors (Lipinski definition) is 5. The van der Waals surface area contributed by atoms with Crippen molar-refractivity contribution in [2.45, 2.75) is 18.7 Å². The molecule has 0 atom stereocenters. The normalized spacial score (nSPS) is 12.8. The number of carbonyl (C=O) groups excluding carboxylic acids is 1. The van der Waals surface area contributed by atoms with E-state index in [1.165, 1.54) is 0 Å². The lowest BCUT2D eigenvalue weighted by Gasteiger charge is -2.10. The summed E-state index contributed by atoms with van der Waals surface area (Å²) in [6.45, 7) is 4.17. The zero-order valence-corrected chi connectivity index (χ0v) is 15.4. The van der Waals surface area contributed by atoms with Crippen molar-refractivity contribution in [2.75, 3.05) is 19.9 Å². The van der Waals surface area contributed by atoms with Crippen LogP contribution >= 0.6 is 0 Å². The number of ether oxygens (including phenoxy) is 2. The Morgan fingerprint density at radius 3 is 2.54 bits per heavy atom. The minimum absolute atomic E-state index is 0.0888. The quantitative estimate of drug-likeness (QED) is 0.749. The molecule has 0 saturated heterocycles. The highest BCUT2D eigenvalue weighted by Gasteiger charge is 2.17. The van der Waals surface area contributed by atoms with E-state index < -0.39 is 10.0 Å². The van der Waals surface area contributed by atoms with E-state index >= 15 is 0 Å². The van der Waals surface area contributed by atoms with E-state index in [-0.39, 0.29) is 30.7 Å². The molecule has 2 aromatic rings. The van der Waals surface area contributed by atoms with Crippen molar-refractivity contribution in [3.63, 3.8) is 0 Å².